The summed E-state index contributed by atoms with van der Waals surface area (Å²) >= 11 is 1.86. The van der Waals surface area contributed by atoms with Crippen molar-refractivity contribution in [1.29, 1.82) is 0 Å². The fourth-order valence-electron chi connectivity index (χ4n) is 8.58. The van der Waals surface area contributed by atoms with E-state index in [9.17, 15) is 0 Å². The molecule has 10 aromatic carbocycles. The van der Waals surface area contributed by atoms with Gasteiger partial charge in [0, 0.05) is 31.5 Å². The molecule has 0 aliphatic carbocycles. The Labute approximate surface area is 330 Å². The van der Waals surface area contributed by atoms with E-state index in [1.807, 2.05) is 11.3 Å². The molecule has 0 saturated carbocycles. The third-order valence-corrected chi connectivity index (χ3v) is 12.4. The van der Waals surface area contributed by atoms with Crippen molar-refractivity contribution in [2.45, 2.75) is 0 Å². The van der Waals surface area contributed by atoms with E-state index in [4.69, 9.17) is 0 Å². The van der Waals surface area contributed by atoms with Crippen LogP contribution in [0.2, 0.25) is 0 Å². The minimum absolute atomic E-state index is 1.12. The van der Waals surface area contributed by atoms with Crippen molar-refractivity contribution < 1.29 is 0 Å². The van der Waals surface area contributed by atoms with Crippen molar-refractivity contribution in [3.63, 3.8) is 0 Å². The zero-order valence-corrected chi connectivity index (χ0v) is 31.4. The van der Waals surface area contributed by atoms with E-state index in [2.05, 4.69) is 217 Å². The number of rotatable bonds is 6. The summed E-state index contributed by atoms with van der Waals surface area (Å²) in [5.41, 5.74) is 10.7. The number of thiophene rings is 1. The second-order valence-corrected chi connectivity index (χ2v) is 15.6. The number of hydrogen-bond donors (Lipinski definition) is 0. The van der Waals surface area contributed by atoms with E-state index < -0.39 is 0 Å². The molecule has 0 bridgehead atoms. The van der Waals surface area contributed by atoms with Gasteiger partial charge in [-0.05, 0) is 120 Å². The van der Waals surface area contributed by atoms with Gasteiger partial charge in [-0.15, -0.1) is 11.3 Å². The van der Waals surface area contributed by atoms with E-state index in [-0.39, 0.29) is 0 Å². The number of anilines is 3. The van der Waals surface area contributed by atoms with Crippen LogP contribution in [0.25, 0.3) is 85.9 Å². The average Bonchev–Trinajstić information content (AvgIpc) is 3.66. The summed E-state index contributed by atoms with van der Waals surface area (Å²) < 4.78 is 2.59. The van der Waals surface area contributed by atoms with Crippen LogP contribution < -0.4 is 4.90 Å². The Morgan fingerprint density at radius 2 is 0.893 bits per heavy atom. The zero-order valence-electron chi connectivity index (χ0n) is 30.6. The SMILES string of the molecule is c1ccc(-c2cccc3ccc(-c4ccc(N(c5ccc(-c6cc7ccccc7c7ccccc67)cc5)c5cccc6sc7ccccc7c56)cc4)cc23)cc1. The Morgan fingerprint density at radius 1 is 0.304 bits per heavy atom. The normalized spacial score (nSPS) is 11.6. The highest BCUT2D eigenvalue weighted by Gasteiger charge is 2.19. The van der Waals surface area contributed by atoms with Crippen LogP contribution in [-0.4, -0.2) is 0 Å². The highest BCUT2D eigenvalue weighted by molar-refractivity contribution is 7.26. The Balaban J connectivity index is 1.04. The largest absolute Gasteiger partial charge is 0.310 e. The highest BCUT2D eigenvalue weighted by Crippen LogP contribution is 2.46. The standard InChI is InChI=1S/C54H35NS/c1-2-12-37(13-3-1)44-20-10-15-38-24-25-40(34-49(38)44)36-26-30-42(31-27-36)55(51-21-11-23-53-54(51)48-19-8-9-22-52(48)56-53)43-32-28-39(29-33-43)50-35-41-14-4-5-16-45(41)46-17-6-7-18-47(46)50/h1-35H. The molecular weight excluding hydrogens is 695 g/mol. The summed E-state index contributed by atoms with van der Waals surface area (Å²) in [7, 11) is 0. The predicted octanol–water partition coefficient (Wildman–Crippen LogP) is 16.0. The van der Waals surface area contributed by atoms with Crippen molar-refractivity contribution in [2.24, 2.45) is 0 Å². The first-order valence-electron chi connectivity index (χ1n) is 19.2. The van der Waals surface area contributed by atoms with Crippen LogP contribution in [-0.2, 0) is 0 Å². The van der Waals surface area contributed by atoms with Crippen molar-refractivity contribution in [1.82, 2.24) is 0 Å². The molecular formula is C54H35NS. The summed E-state index contributed by atoms with van der Waals surface area (Å²) in [5, 5.41) is 10.2. The molecule has 0 N–H and O–H groups in total. The Bertz CT molecular complexity index is 3230. The van der Waals surface area contributed by atoms with Gasteiger partial charge in [0.2, 0.25) is 0 Å². The summed E-state index contributed by atoms with van der Waals surface area (Å²) in [5.74, 6) is 0. The molecule has 0 radical (unpaired) electrons. The molecule has 56 heavy (non-hydrogen) atoms. The molecule has 1 aromatic heterocycles. The summed E-state index contributed by atoms with van der Waals surface area (Å²) in [6.45, 7) is 0. The molecule has 0 aliphatic rings. The molecule has 262 valence electrons. The molecule has 0 aliphatic heterocycles. The Kier molecular flexibility index (Phi) is 7.75. The lowest BCUT2D eigenvalue weighted by Crippen LogP contribution is -2.10. The zero-order chi connectivity index (χ0) is 37.0. The van der Waals surface area contributed by atoms with Gasteiger partial charge < -0.3 is 4.90 Å². The summed E-state index contributed by atoms with van der Waals surface area (Å²) in [6, 6.07) is 77.7. The molecule has 0 fully saturated rings. The van der Waals surface area contributed by atoms with Crippen LogP contribution in [0.3, 0.4) is 0 Å². The number of nitrogens with zero attached hydrogens (tertiary/aromatic N) is 1. The lowest BCUT2D eigenvalue weighted by atomic mass is 9.93. The van der Waals surface area contributed by atoms with E-state index in [0.717, 1.165) is 11.4 Å². The van der Waals surface area contributed by atoms with Crippen LogP contribution in [0.5, 0.6) is 0 Å². The third kappa shape index (κ3) is 5.46. The van der Waals surface area contributed by atoms with E-state index in [1.165, 1.54) is 91.6 Å². The van der Waals surface area contributed by atoms with Crippen LogP contribution in [0, 0.1) is 0 Å². The molecule has 0 spiro atoms. The minimum atomic E-state index is 1.12. The first-order valence-corrected chi connectivity index (χ1v) is 20.0. The maximum atomic E-state index is 2.43. The Morgan fingerprint density at radius 3 is 1.70 bits per heavy atom. The molecule has 2 heteroatoms. The second kappa shape index (κ2) is 13.4. The molecule has 1 heterocycles. The molecule has 0 unspecified atom stereocenters. The molecule has 0 amide bonds. The first-order chi connectivity index (χ1) is 27.8. The Hall–Kier alpha value is -7.00. The van der Waals surface area contributed by atoms with Crippen molar-refractivity contribution >= 4 is 80.9 Å². The van der Waals surface area contributed by atoms with Gasteiger partial charge in [-0.1, -0.05) is 158 Å². The molecule has 11 rings (SSSR count). The monoisotopic (exact) mass is 729 g/mol. The fourth-order valence-corrected chi connectivity index (χ4v) is 9.70. The van der Waals surface area contributed by atoms with Gasteiger partial charge in [-0.2, -0.15) is 0 Å². The highest BCUT2D eigenvalue weighted by atomic mass is 32.1. The summed E-state index contributed by atoms with van der Waals surface area (Å²) in [6.07, 6.45) is 0. The fraction of sp³-hybridized carbons (Fsp3) is 0. The third-order valence-electron chi connectivity index (χ3n) is 11.3. The van der Waals surface area contributed by atoms with Gasteiger partial charge >= 0.3 is 0 Å². The van der Waals surface area contributed by atoms with Gasteiger partial charge in [-0.25, -0.2) is 0 Å². The maximum Gasteiger partial charge on any atom is 0.0554 e. The van der Waals surface area contributed by atoms with Crippen LogP contribution in [0.15, 0.2) is 212 Å². The number of fused-ring (bicyclic) bond motifs is 7. The molecule has 0 saturated heterocycles. The minimum Gasteiger partial charge on any atom is -0.310 e. The van der Waals surface area contributed by atoms with Crippen molar-refractivity contribution in [3.8, 4) is 33.4 Å². The van der Waals surface area contributed by atoms with Gasteiger partial charge in [0.1, 0.15) is 0 Å². The van der Waals surface area contributed by atoms with Crippen molar-refractivity contribution in [3.05, 3.63) is 212 Å². The topological polar surface area (TPSA) is 3.24 Å². The molecule has 11 aromatic rings. The van der Waals surface area contributed by atoms with Gasteiger partial charge in [0.05, 0.1) is 5.69 Å². The number of benzene rings is 10. The van der Waals surface area contributed by atoms with E-state index in [1.54, 1.807) is 0 Å². The average molecular weight is 730 g/mol. The summed E-state index contributed by atoms with van der Waals surface area (Å²) in [4.78, 5) is 2.43. The second-order valence-electron chi connectivity index (χ2n) is 14.5. The van der Waals surface area contributed by atoms with Crippen LogP contribution in [0.1, 0.15) is 0 Å². The first kappa shape index (κ1) is 32.4. The van der Waals surface area contributed by atoms with Crippen LogP contribution in [0.4, 0.5) is 17.1 Å². The van der Waals surface area contributed by atoms with Crippen LogP contribution >= 0.6 is 11.3 Å². The lowest BCUT2D eigenvalue weighted by molar-refractivity contribution is 1.30. The van der Waals surface area contributed by atoms with E-state index in [0.29, 0.717) is 0 Å². The number of hydrogen-bond acceptors (Lipinski definition) is 2. The molecule has 0 atom stereocenters. The van der Waals surface area contributed by atoms with Gasteiger partial charge in [0.25, 0.3) is 0 Å². The lowest BCUT2D eigenvalue weighted by Gasteiger charge is -2.27. The smallest absolute Gasteiger partial charge is 0.0554 e. The predicted molar refractivity (Wildman–Crippen MR) is 243 cm³/mol. The quantitative estimate of drug-likeness (QED) is 0.154. The molecule has 1 nitrogen and oxygen atoms in total. The van der Waals surface area contributed by atoms with Crippen molar-refractivity contribution in [2.75, 3.05) is 4.90 Å². The van der Waals surface area contributed by atoms with Gasteiger partial charge in [0.15, 0.2) is 0 Å². The van der Waals surface area contributed by atoms with E-state index >= 15 is 0 Å². The van der Waals surface area contributed by atoms with Gasteiger partial charge in [-0.3, -0.25) is 0 Å². The maximum absolute atomic E-state index is 2.43.